The molecule has 1 heterocycles. The molecule has 0 amide bonds. The fraction of sp³-hybridized carbons (Fsp3) is 0.211. The predicted molar refractivity (Wildman–Crippen MR) is 108 cm³/mol. The third-order valence-electron chi connectivity index (χ3n) is 4.34. The normalized spacial score (nSPS) is 14.4. The van der Waals surface area contributed by atoms with E-state index in [0.717, 1.165) is 24.8 Å². The van der Waals surface area contributed by atoms with Crippen LogP contribution in [0.3, 0.4) is 0 Å². The Morgan fingerprint density at radius 1 is 1.14 bits per heavy atom. The average molecular weight is 423 g/mol. The SMILES string of the molecule is O=C(O)c1ccc(/C=C/c2c(Cl)cc(N3CCOCC3)cc2Cl)c([N+](=O)[O-])c1. The van der Waals surface area contributed by atoms with Gasteiger partial charge >= 0.3 is 5.97 Å². The lowest BCUT2D eigenvalue weighted by atomic mass is 10.1. The summed E-state index contributed by atoms with van der Waals surface area (Å²) in [6, 6.07) is 7.29. The van der Waals surface area contributed by atoms with Gasteiger partial charge in [0.1, 0.15) is 0 Å². The van der Waals surface area contributed by atoms with Crippen molar-refractivity contribution in [2.75, 3.05) is 31.2 Å². The van der Waals surface area contributed by atoms with Gasteiger partial charge in [-0.15, -0.1) is 0 Å². The van der Waals surface area contributed by atoms with Crippen molar-refractivity contribution in [3.8, 4) is 0 Å². The van der Waals surface area contributed by atoms with E-state index in [1.807, 2.05) is 0 Å². The summed E-state index contributed by atoms with van der Waals surface area (Å²) in [5, 5.41) is 21.1. The first-order valence-electron chi connectivity index (χ1n) is 8.38. The number of aromatic carboxylic acids is 1. The van der Waals surface area contributed by atoms with Crippen molar-refractivity contribution >= 4 is 52.7 Å². The Hall–Kier alpha value is -2.61. The molecule has 0 aromatic heterocycles. The van der Waals surface area contributed by atoms with Gasteiger partial charge in [0.05, 0.1) is 39.3 Å². The van der Waals surface area contributed by atoms with E-state index in [4.69, 9.17) is 33.0 Å². The van der Waals surface area contributed by atoms with Crippen LogP contribution in [0.1, 0.15) is 21.5 Å². The van der Waals surface area contributed by atoms with Gasteiger partial charge in [0.2, 0.25) is 0 Å². The number of carboxylic acid groups (broad SMARTS) is 1. The molecule has 0 atom stereocenters. The number of rotatable bonds is 5. The van der Waals surface area contributed by atoms with E-state index in [2.05, 4.69) is 4.90 Å². The largest absolute Gasteiger partial charge is 0.478 e. The molecule has 2 aromatic carbocycles. The molecule has 1 aliphatic heterocycles. The van der Waals surface area contributed by atoms with Crippen molar-refractivity contribution in [1.29, 1.82) is 0 Å². The van der Waals surface area contributed by atoms with Gasteiger partial charge in [0.15, 0.2) is 0 Å². The van der Waals surface area contributed by atoms with Crippen molar-refractivity contribution in [2.45, 2.75) is 0 Å². The number of hydrogen-bond donors (Lipinski definition) is 1. The zero-order chi connectivity index (χ0) is 20.3. The van der Waals surface area contributed by atoms with Gasteiger partial charge < -0.3 is 14.7 Å². The number of carboxylic acids is 1. The lowest BCUT2D eigenvalue weighted by Gasteiger charge is -2.29. The maximum absolute atomic E-state index is 11.3. The highest BCUT2D eigenvalue weighted by atomic mass is 35.5. The summed E-state index contributed by atoms with van der Waals surface area (Å²) in [6.07, 6.45) is 3.07. The van der Waals surface area contributed by atoms with E-state index in [9.17, 15) is 14.9 Å². The number of anilines is 1. The minimum atomic E-state index is -1.23. The van der Waals surface area contributed by atoms with Crippen LogP contribution >= 0.6 is 23.2 Å². The molecule has 2 aromatic rings. The fourth-order valence-electron chi connectivity index (χ4n) is 2.88. The van der Waals surface area contributed by atoms with Crippen molar-refractivity contribution < 1.29 is 19.6 Å². The zero-order valence-corrected chi connectivity index (χ0v) is 16.1. The maximum atomic E-state index is 11.3. The lowest BCUT2D eigenvalue weighted by Crippen LogP contribution is -2.36. The molecule has 9 heteroatoms. The maximum Gasteiger partial charge on any atom is 0.335 e. The van der Waals surface area contributed by atoms with Crippen LogP contribution in [-0.4, -0.2) is 42.3 Å². The number of ether oxygens (including phenoxy) is 1. The Morgan fingerprint density at radius 3 is 2.36 bits per heavy atom. The van der Waals surface area contributed by atoms with E-state index in [0.29, 0.717) is 28.8 Å². The second-order valence-corrected chi connectivity index (χ2v) is 6.91. The fourth-order valence-corrected chi connectivity index (χ4v) is 3.48. The number of morpholine rings is 1. The summed E-state index contributed by atoms with van der Waals surface area (Å²) in [4.78, 5) is 23.8. The van der Waals surface area contributed by atoms with Crippen LogP contribution in [0.25, 0.3) is 12.2 Å². The van der Waals surface area contributed by atoms with E-state index in [1.165, 1.54) is 18.2 Å². The van der Waals surface area contributed by atoms with Crippen LogP contribution in [0.5, 0.6) is 0 Å². The number of hydrogen-bond acceptors (Lipinski definition) is 5. The summed E-state index contributed by atoms with van der Waals surface area (Å²) in [5.74, 6) is -1.23. The molecule has 7 nitrogen and oxygen atoms in total. The molecule has 146 valence electrons. The van der Waals surface area contributed by atoms with Crippen LogP contribution in [0.2, 0.25) is 10.0 Å². The third-order valence-corrected chi connectivity index (χ3v) is 4.97. The first-order valence-corrected chi connectivity index (χ1v) is 9.14. The Kier molecular flexibility index (Phi) is 6.18. The van der Waals surface area contributed by atoms with Crippen LogP contribution in [0, 0.1) is 10.1 Å². The summed E-state index contributed by atoms with van der Waals surface area (Å²) in [5.41, 5.74) is 1.19. The number of nitro groups is 1. The topological polar surface area (TPSA) is 92.9 Å². The van der Waals surface area contributed by atoms with Crippen molar-refractivity contribution in [2.24, 2.45) is 0 Å². The molecule has 1 aliphatic rings. The van der Waals surface area contributed by atoms with Crippen LogP contribution in [0.15, 0.2) is 30.3 Å². The highest BCUT2D eigenvalue weighted by Crippen LogP contribution is 2.33. The minimum Gasteiger partial charge on any atom is -0.478 e. The molecule has 0 unspecified atom stereocenters. The number of halogens is 2. The van der Waals surface area contributed by atoms with Gasteiger partial charge in [0, 0.05) is 30.4 Å². The Morgan fingerprint density at radius 2 is 1.79 bits per heavy atom. The molecule has 1 saturated heterocycles. The summed E-state index contributed by atoms with van der Waals surface area (Å²) in [7, 11) is 0. The molecule has 0 saturated carbocycles. The van der Waals surface area contributed by atoms with Gasteiger partial charge in [-0.3, -0.25) is 10.1 Å². The Labute approximate surface area is 170 Å². The Balaban J connectivity index is 1.92. The smallest absolute Gasteiger partial charge is 0.335 e. The van der Waals surface area contributed by atoms with Crippen LogP contribution in [0.4, 0.5) is 11.4 Å². The molecule has 1 fully saturated rings. The van der Waals surface area contributed by atoms with E-state index in [-0.39, 0.29) is 16.8 Å². The molecular formula is C19H16Cl2N2O5. The van der Waals surface area contributed by atoms with Crippen molar-refractivity contribution in [3.63, 3.8) is 0 Å². The van der Waals surface area contributed by atoms with E-state index < -0.39 is 10.9 Å². The predicted octanol–water partition coefficient (Wildman–Crippen LogP) is 4.61. The molecule has 0 bridgehead atoms. The molecule has 1 N–H and O–H groups in total. The second-order valence-electron chi connectivity index (χ2n) is 6.09. The quantitative estimate of drug-likeness (QED) is 0.429. The molecule has 28 heavy (non-hydrogen) atoms. The van der Waals surface area contributed by atoms with Gasteiger partial charge in [0.25, 0.3) is 5.69 Å². The lowest BCUT2D eigenvalue weighted by molar-refractivity contribution is -0.385. The summed E-state index contributed by atoms with van der Waals surface area (Å²) < 4.78 is 5.34. The zero-order valence-electron chi connectivity index (χ0n) is 14.6. The van der Waals surface area contributed by atoms with Crippen LogP contribution in [-0.2, 0) is 4.74 Å². The third kappa shape index (κ3) is 4.44. The van der Waals surface area contributed by atoms with Gasteiger partial charge in [-0.05, 0) is 30.3 Å². The van der Waals surface area contributed by atoms with Crippen LogP contribution < -0.4 is 4.90 Å². The van der Waals surface area contributed by atoms with Crippen molar-refractivity contribution in [3.05, 3.63) is 67.2 Å². The van der Waals surface area contributed by atoms with E-state index in [1.54, 1.807) is 18.2 Å². The number of nitrogens with zero attached hydrogens (tertiary/aromatic N) is 2. The van der Waals surface area contributed by atoms with Gasteiger partial charge in [-0.1, -0.05) is 29.3 Å². The van der Waals surface area contributed by atoms with Crippen molar-refractivity contribution in [1.82, 2.24) is 0 Å². The monoisotopic (exact) mass is 422 g/mol. The molecule has 0 aliphatic carbocycles. The summed E-state index contributed by atoms with van der Waals surface area (Å²) in [6.45, 7) is 2.74. The van der Waals surface area contributed by atoms with Gasteiger partial charge in [-0.2, -0.15) is 0 Å². The molecule has 0 radical (unpaired) electrons. The second kappa shape index (κ2) is 8.60. The summed E-state index contributed by atoms with van der Waals surface area (Å²) >= 11 is 12.8. The molecule has 0 spiro atoms. The highest BCUT2D eigenvalue weighted by Gasteiger charge is 2.17. The average Bonchev–Trinajstić information content (AvgIpc) is 2.67. The molecular weight excluding hydrogens is 407 g/mol. The number of carbonyl (C=O) groups is 1. The standard InChI is InChI=1S/C19H16Cl2N2O5/c20-16-10-14(22-5-7-28-8-6-22)11-17(21)15(16)4-3-12-1-2-13(19(24)25)9-18(12)23(26)27/h1-4,9-11H,5-8H2,(H,24,25)/b4-3+. The first kappa shape index (κ1) is 20.1. The first-order chi connectivity index (χ1) is 13.4. The Bertz CT molecular complexity index is 932. The number of nitro benzene ring substituents is 1. The highest BCUT2D eigenvalue weighted by molar-refractivity contribution is 6.37. The van der Waals surface area contributed by atoms with Gasteiger partial charge in [-0.25, -0.2) is 4.79 Å². The number of benzene rings is 2. The molecule has 3 rings (SSSR count). The minimum absolute atomic E-state index is 0.158. The van der Waals surface area contributed by atoms with E-state index >= 15 is 0 Å².